The second-order valence-corrected chi connectivity index (χ2v) is 6.12. The standard InChI is InChI=1S/C16H26N2O2/c1-12-6-4-5-7-15(12)17-16(19)11-18(3)10-14-9-8-13(2)20-14/h8-9,12,15H,4-7,10-11H2,1-3H3,(H,17,19). The van der Waals surface area contributed by atoms with Gasteiger partial charge in [-0.05, 0) is 44.9 Å². The van der Waals surface area contributed by atoms with Crippen LogP contribution in [0.1, 0.15) is 44.1 Å². The first kappa shape index (κ1) is 15.1. The van der Waals surface area contributed by atoms with Gasteiger partial charge < -0.3 is 9.73 Å². The van der Waals surface area contributed by atoms with Crippen molar-refractivity contribution in [3.8, 4) is 0 Å². The lowest BCUT2D eigenvalue weighted by atomic mass is 9.86. The molecule has 2 atom stereocenters. The molecule has 20 heavy (non-hydrogen) atoms. The number of rotatable bonds is 5. The van der Waals surface area contributed by atoms with E-state index in [-0.39, 0.29) is 5.91 Å². The number of nitrogens with zero attached hydrogens (tertiary/aromatic N) is 1. The third kappa shape index (κ3) is 4.37. The van der Waals surface area contributed by atoms with Crippen molar-refractivity contribution >= 4 is 5.91 Å². The van der Waals surface area contributed by atoms with Crippen molar-refractivity contribution < 1.29 is 9.21 Å². The molecule has 112 valence electrons. The number of nitrogens with one attached hydrogen (secondary N) is 1. The summed E-state index contributed by atoms with van der Waals surface area (Å²) in [5.41, 5.74) is 0. The molecule has 4 heteroatoms. The van der Waals surface area contributed by atoms with Crippen LogP contribution in [0.25, 0.3) is 0 Å². The Bertz CT molecular complexity index is 441. The van der Waals surface area contributed by atoms with Gasteiger partial charge in [0.25, 0.3) is 0 Å². The SMILES string of the molecule is Cc1ccc(CN(C)CC(=O)NC2CCCCC2C)o1. The van der Waals surface area contributed by atoms with Crippen LogP contribution >= 0.6 is 0 Å². The van der Waals surface area contributed by atoms with Crippen LogP contribution in [0.2, 0.25) is 0 Å². The molecule has 1 fully saturated rings. The number of likely N-dealkylation sites (N-methyl/N-ethyl adjacent to an activating group) is 1. The first-order valence-electron chi connectivity index (χ1n) is 7.58. The maximum atomic E-state index is 12.1. The van der Waals surface area contributed by atoms with Gasteiger partial charge in [-0.2, -0.15) is 0 Å². The summed E-state index contributed by atoms with van der Waals surface area (Å²) in [6.07, 6.45) is 4.88. The molecule has 1 heterocycles. The predicted octanol–water partition coefficient (Wildman–Crippen LogP) is 2.71. The number of hydrogen-bond acceptors (Lipinski definition) is 3. The second kappa shape index (κ2) is 6.93. The topological polar surface area (TPSA) is 45.5 Å². The quantitative estimate of drug-likeness (QED) is 0.900. The molecule has 0 radical (unpaired) electrons. The van der Waals surface area contributed by atoms with Crippen molar-refractivity contribution in [3.05, 3.63) is 23.7 Å². The summed E-state index contributed by atoms with van der Waals surface area (Å²) in [4.78, 5) is 14.1. The van der Waals surface area contributed by atoms with Gasteiger partial charge in [-0.25, -0.2) is 0 Å². The largest absolute Gasteiger partial charge is 0.465 e. The van der Waals surface area contributed by atoms with Crippen molar-refractivity contribution in [3.63, 3.8) is 0 Å². The maximum absolute atomic E-state index is 12.1. The molecule has 1 N–H and O–H groups in total. The van der Waals surface area contributed by atoms with Gasteiger partial charge in [-0.3, -0.25) is 9.69 Å². The van der Waals surface area contributed by atoms with E-state index in [4.69, 9.17) is 4.42 Å². The molecule has 1 aromatic rings. The van der Waals surface area contributed by atoms with Gasteiger partial charge in [0.1, 0.15) is 11.5 Å². The number of hydrogen-bond donors (Lipinski definition) is 1. The lowest BCUT2D eigenvalue weighted by Crippen LogP contribution is -2.44. The lowest BCUT2D eigenvalue weighted by Gasteiger charge is -2.30. The Labute approximate surface area is 121 Å². The molecule has 0 aliphatic heterocycles. The molecule has 2 rings (SSSR count). The Kier molecular flexibility index (Phi) is 5.24. The average molecular weight is 278 g/mol. The van der Waals surface area contributed by atoms with Crippen molar-refractivity contribution in [2.75, 3.05) is 13.6 Å². The third-order valence-corrected chi connectivity index (χ3v) is 4.09. The van der Waals surface area contributed by atoms with Gasteiger partial charge in [-0.15, -0.1) is 0 Å². The highest BCUT2D eigenvalue weighted by Crippen LogP contribution is 2.23. The van der Waals surface area contributed by atoms with Crippen molar-refractivity contribution in [1.82, 2.24) is 10.2 Å². The van der Waals surface area contributed by atoms with Gasteiger partial charge in [0.05, 0.1) is 13.1 Å². The Hall–Kier alpha value is -1.29. The molecule has 1 aromatic heterocycles. The third-order valence-electron chi connectivity index (χ3n) is 4.09. The number of aryl methyl sites for hydroxylation is 1. The fourth-order valence-electron chi connectivity index (χ4n) is 2.92. The Morgan fingerprint density at radius 1 is 1.40 bits per heavy atom. The number of furan rings is 1. The average Bonchev–Trinajstić information content (AvgIpc) is 2.77. The molecule has 0 saturated heterocycles. The van der Waals surface area contributed by atoms with E-state index in [0.717, 1.165) is 17.9 Å². The van der Waals surface area contributed by atoms with Gasteiger partial charge in [-0.1, -0.05) is 19.8 Å². The van der Waals surface area contributed by atoms with Crippen LogP contribution in [0.15, 0.2) is 16.5 Å². The summed E-state index contributed by atoms with van der Waals surface area (Å²) in [5.74, 6) is 2.54. The van der Waals surface area contributed by atoms with Gasteiger partial charge in [0, 0.05) is 6.04 Å². The van der Waals surface area contributed by atoms with E-state index < -0.39 is 0 Å². The molecular formula is C16H26N2O2. The van der Waals surface area contributed by atoms with Crippen molar-refractivity contribution in [2.24, 2.45) is 5.92 Å². The van der Waals surface area contributed by atoms with Gasteiger partial charge in [0.15, 0.2) is 0 Å². The normalized spacial score (nSPS) is 23.0. The van der Waals surface area contributed by atoms with E-state index >= 15 is 0 Å². The molecule has 0 aromatic carbocycles. The Morgan fingerprint density at radius 3 is 2.80 bits per heavy atom. The summed E-state index contributed by atoms with van der Waals surface area (Å²) in [5, 5.41) is 3.18. The summed E-state index contributed by atoms with van der Waals surface area (Å²) in [6.45, 7) is 5.25. The predicted molar refractivity (Wildman–Crippen MR) is 79.3 cm³/mol. The molecule has 0 spiro atoms. The van der Waals surface area contributed by atoms with E-state index in [1.54, 1.807) is 0 Å². The molecule has 2 unspecified atom stereocenters. The van der Waals surface area contributed by atoms with E-state index in [0.29, 0.717) is 25.0 Å². The first-order valence-corrected chi connectivity index (χ1v) is 7.58. The van der Waals surface area contributed by atoms with Crippen LogP contribution in [-0.4, -0.2) is 30.4 Å². The highest BCUT2D eigenvalue weighted by Gasteiger charge is 2.23. The first-order chi connectivity index (χ1) is 9.54. The van der Waals surface area contributed by atoms with Crippen molar-refractivity contribution in [1.29, 1.82) is 0 Å². The summed E-state index contributed by atoms with van der Waals surface area (Å²) >= 11 is 0. The van der Waals surface area contributed by atoms with Crippen LogP contribution in [0.4, 0.5) is 0 Å². The van der Waals surface area contributed by atoms with Crippen LogP contribution in [0, 0.1) is 12.8 Å². The molecule has 1 aliphatic rings. The zero-order valence-electron chi connectivity index (χ0n) is 12.8. The number of carbonyl (C=O) groups excluding carboxylic acids is 1. The minimum Gasteiger partial charge on any atom is -0.465 e. The smallest absolute Gasteiger partial charge is 0.234 e. The monoisotopic (exact) mass is 278 g/mol. The van der Waals surface area contributed by atoms with E-state index in [9.17, 15) is 4.79 Å². The van der Waals surface area contributed by atoms with Crippen LogP contribution in [0.5, 0.6) is 0 Å². The zero-order chi connectivity index (χ0) is 14.5. The second-order valence-electron chi connectivity index (χ2n) is 6.12. The molecule has 0 bridgehead atoms. The van der Waals surface area contributed by atoms with Crippen LogP contribution < -0.4 is 5.32 Å². The molecule has 1 saturated carbocycles. The Morgan fingerprint density at radius 2 is 2.15 bits per heavy atom. The molecule has 1 amide bonds. The van der Waals surface area contributed by atoms with Crippen LogP contribution in [0.3, 0.4) is 0 Å². The minimum absolute atomic E-state index is 0.120. The molecular weight excluding hydrogens is 252 g/mol. The van der Waals surface area contributed by atoms with E-state index in [1.807, 2.05) is 31.0 Å². The van der Waals surface area contributed by atoms with Gasteiger partial charge >= 0.3 is 0 Å². The van der Waals surface area contributed by atoms with E-state index in [2.05, 4.69) is 12.2 Å². The highest BCUT2D eigenvalue weighted by molar-refractivity contribution is 5.78. The summed E-state index contributed by atoms with van der Waals surface area (Å²) in [6, 6.07) is 4.27. The zero-order valence-corrected chi connectivity index (χ0v) is 12.8. The molecule has 4 nitrogen and oxygen atoms in total. The maximum Gasteiger partial charge on any atom is 0.234 e. The summed E-state index contributed by atoms with van der Waals surface area (Å²) < 4.78 is 5.53. The fourth-order valence-corrected chi connectivity index (χ4v) is 2.92. The minimum atomic E-state index is 0.120. The highest BCUT2D eigenvalue weighted by atomic mass is 16.3. The fraction of sp³-hybridized carbons (Fsp3) is 0.688. The summed E-state index contributed by atoms with van der Waals surface area (Å²) in [7, 11) is 1.95. The number of amides is 1. The number of carbonyl (C=O) groups is 1. The Balaban J connectivity index is 1.75. The van der Waals surface area contributed by atoms with E-state index in [1.165, 1.54) is 19.3 Å². The molecule has 1 aliphatic carbocycles. The lowest BCUT2D eigenvalue weighted by molar-refractivity contribution is -0.123. The van der Waals surface area contributed by atoms with Crippen molar-refractivity contribution in [2.45, 2.75) is 52.1 Å². The van der Waals surface area contributed by atoms with Crippen LogP contribution in [-0.2, 0) is 11.3 Å². The van der Waals surface area contributed by atoms with Gasteiger partial charge in [0.2, 0.25) is 5.91 Å².